The average molecular weight is 419 g/mol. The number of hydrogen-bond donors (Lipinski definition) is 2. The number of hydrogen-bond acceptors (Lipinski definition) is 4. The summed E-state index contributed by atoms with van der Waals surface area (Å²) >= 11 is 1.72. The topological polar surface area (TPSA) is 67.1 Å². The first-order valence-corrected chi connectivity index (χ1v) is 10.8. The monoisotopic (exact) mass is 418 g/mol. The second-order valence-electron chi connectivity index (χ2n) is 7.20. The number of fused-ring (bicyclic) bond motifs is 1. The van der Waals surface area contributed by atoms with E-state index >= 15 is 0 Å². The maximum atomic E-state index is 4.47. The van der Waals surface area contributed by atoms with Crippen LogP contribution in [0.25, 0.3) is 11.0 Å². The van der Waals surface area contributed by atoms with Crippen molar-refractivity contribution >= 4 is 28.3 Å². The SMILES string of the molecule is CN=C(NCc1ccc(Cn2cnc3ccccc32)cc1)NCc1sc(C)nc1C. The number of nitrogens with one attached hydrogen (secondary N) is 2. The Labute approximate surface area is 180 Å². The second-order valence-corrected chi connectivity index (χ2v) is 8.49. The Bertz CT molecular complexity index is 1160. The highest BCUT2D eigenvalue weighted by Gasteiger charge is 2.06. The van der Waals surface area contributed by atoms with Crippen LogP contribution in [0.1, 0.15) is 26.7 Å². The van der Waals surface area contributed by atoms with Gasteiger partial charge in [-0.25, -0.2) is 9.97 Å². The summed E-state index contributed by atoms with van der Waals surface area (Å²) in [4.78, 5) is 14.5. The predicted molar refractivity (Wildman–Crippen MR) is 124 cm³/mol. The Balaban J connectivity index is 1.32. The highest BCUT2D eigenvalue weighted by molar-refractivity contribution is 7.11. The molecule has 0 unspecified atom stereocenters. The van der Waals surface area contributed by atoms with Gasteiger partial charge in [0.25, 0.3) is 0 Å². The number of aryl methyl sites for hydroxylation is 2. The molecule has 0 atom stereocenters. The van der Waals surface area contributed by atoms with Crippen molar-refractivity contribution in [2.24, 2.45) is 4.99 Å². The summed E-state index contributed by atoms with van der Waals surface area (Å²) in [6.45, 7) is 6.34. The molecule has 0 radical (unpaired) electrons. The zero-order valence-corrected chi connectivity index (χ0v) is 18.3. The molecule has 0 saturated carbocycles. The Morgan fingerprint density at radius 1 is 1.00 bits per heavy atom. The van der Waals surface area contributed by atoms with E-state index in [0.29, 0.717) is 6.54 Å². The minimum absolute atomic E-state index is 0.717. The first-order valence-electron chi connectivity index (χ1n) is 9.97. The number of imidazole rings is 1. The van der Waals surface area contributed by atoms with Gasteiger partial charge in [0.15, 0.2) is 5.96 Å². The summed E-state index contributed by atoms with van der Waals surface area (Å²) in [6.07, 6.45) is 1.90. The van der Waals surface area contributed by atoms with Gasteiger partial charge in [-0.15, -0.1) is 11.3 Å². The summed E-state index contributed by atoms with van der Waals surface area (Å²) in [6, 6.07) is 16.9. The number of thiazole rings is 1. The molecule has 0 bridgehead atoms. The normalized spacial score (nSPS) is 11.8. The molecule has 6 nitrogen and oxygen atoms in total. The first-order chi connectivity index (χ1) is 14.6. The van der Waals surface area contributed by atoms with Crippen LogP contribution < -0.4 is 10.6 Å². The van der Waals surface area contributed by atoms with Crippen LogP contribution >= 0.6 is 11.3 Å². The summed E-state index contributed by atoms with van der Waals surface area (Å²) in [7, 11) is 1.79. The van der Waals surface area contributed by atoms with Gasteiger partial charge in [0.2, 0.25) is 0 Å². The van der Waals surface area contributed by atoms with E-state index in [4.69, 9.17) is 0 Å². The van der Waals surface area contributed by atoms with Crippen LogP contribution in [0.4, 0.5) is 0 Å². The van der Waals surface area contributed by atoms with Crippen LogP contribution in [-0.2, 0) is 19.6 Å². The van der Waals surface area contributed by atoms with Crippen molar-refractivity contribution in [3.8, 4) is 0 Å². The van der Waals surface area contributed by atoms with E-state index in [0.717, 1.165) is 40.8 Å². The molecule has 4 aromatic rings. The molecular weight excluding hydrogens is 392 g/mol. The lowest BCUT2D eigenvalue weighted by Gasteiger charge is -2.12. The zero-order chi connectivity index (χ0) is 20.9. The van der Waals surface area contributed by atoms with Crippen LogP contribution in [0.15, 0.2) is 59.9 Å². The van der Waals surface area contributed by atoms with E-state index < -0.39 is 0 Å². The Kier molecular flexibility index (Phi) is 6.09. The standard InChI is InChI=1S/C23H26N6S/c1-16-22(30-17(2)28-16)13-26-23(24-3)25-12-18-8-10-19(11-9-18)14-29-15-27-20-6-4-5-7-21(20)29/h4-11,15H,12-14H2,1-3H3,(H2,24,25,26). The van der Waals surface area contributed by atoms with Gasteiger partial charge in [-0.3, -0.25) is 4.99 Å². The number of rotatable bonds is 6. The molecule has 2 aromatic carbocycles. The van der Waals surface area contributed by atoms with Crippen LogP contribution in [0.2, 0.25) is 0 Å². The van der Waals surface area contributed by atoms with Gasteiger partial charge in [0.1, 0.15) is 0 Å². The molecule has 154 valence electrons. The fourth-order valence-electron chi connectivity index (χ4n) is 3.40. The smallest absolute Gasteiger partial charge is 0.191 e. The quantitative estimate of drug-likeness (QED) is 0.367. The average Bonchev–Trinajstić information content (AvgIpc) is 3.31. The molecule has 30 heavy (non-hydrogen) atoms. The Morgan fingerprint density at radius 2 is 1.73 bits per heavy atom. The molecule has 2 aromatic heterocycles. The minimum atomic E-state index is 0.717. The lowest BCUT2D eigenvalue weighted by atomic mass is 10.1. The van der Waals surface area contributed by atoms with Gasteiger partial charge >= 0.3 is 0 Å². The Hall–Kier alpha value is -3.19. The molecule has 0 spiro atoms. The van der Waals surface area contributed by atoms with Gasteiger partial charge in [-0.05, 0) is 37.1 Å². The molecule has 0 saturated heterocycles. The van der Waals surface area contributed by atoms with Gasteiger partial charge in [0, 0.05) is 25.0 Å². The number of para-hydroxylation sites is 2. The molecule has 4 rings (SSSR count). The summed E-state index contributed by atoms with van der Waals surface area (Å²) in [5.41, 5.74) is 5.73. The molecular formula is C23H26N6S. The van der Waals surface area contributed by atoms with Crippen molar-refractivity contribution in [2.75, 3.05) is 7.05 Å². The number of aromatic nitrogens is 3. The van der Waals surface area contributed by atoms with E-state index in [1.54, 1.807) is 18.4 Å². The summed E-state index contributed by atoms with van der Waals surface area (Å²) < 4.78 is 2.18. The molecule has 0 amide bonds. The number of nitrogens with zero attached hydrogens (tertiary/aromatic N) is 4. The van der Waals surface area contributed by atoms with Crippen molar-refractivity contribution in [1.29, 1.82) is 0 Å². The highest BCUT2D eigenvalue weighted by Crippen LogP contribution is 2.17. The molecule has 2 heterocycles. The van der Waals surface area contributed by atoms with Crippen LogP contribution in [0.3, 0.4) is 0 Å². The fourth-order valence-corrected chi connectivity index (χ4v) is 4.28. The predicted octanol–water partition coefficient (Wildman–Crippen LogP) is 4.02. The third-order valence-corrected chi connectivity index (χ3v) is 6.08. The lowest BCUT2D eigenvalue weighted by Crippen LogP contribution is -2.36. The third-order valence-electron chi connectivity index (χ3n) is 5.00. The van der Waals surface area contributed by atoms with E-state index in [2.05, 4.69) is 60.5 Å². The highest BCUT2D eigenvalue weighted by atomic mass is 32.1. The summed E-state index contributed by atoms with van der Waals surface area (Å²) in [5, 5.41) is 7.84. The first kappa shape index (κ1) is 20.1. The summed E-state index contributed by atoms with van der Waals surface area (Å²) in [5.74, 6) is 0.786. The molecule has 2 N–H and O–H groups in total. The van der Waals surface area contributed by atoms with E-state index in [-0.39, 0.29) is 0 Å². The zero-order valence-electron chi connectivity index (χ0n) is 17.5. The number of aliphatic imine (C=N–C) groups is 1. The maximum Gasteiger partial charge on any atom is 0.191 e. The minimum Gasteiger partial charge on any atom is -0.352 e. The number of benzene rings is 2. The van der Waals surface area contributed by atoms with Gasteiger partial charge < -0.3 is 15.2 Å². The van der Waals surface area contributed by atoms with Crippen LogP contribution in [0, 0.1) is 13.8 Å². The molecule has 0 fully saturated rings. The van der Waals surface area contributed by atoms with Gasteiger partial charge in [0.05, 0.1) is 34.6 Å². The third kappa shape index (κ3) is 4.68. The van der Waals surface area contributed by atoms with Crippen molar-refractivity contribution in [1.82, 2.24) is 25.2 Å². The number of guanidine groups is 1. The van der Waals surface area contributed by atoms with Crippen LogP contribution in [0.5, 0.6) is 0 Å². The van der Waals surface area contributed by atoms with Crippen molar-refractivity contribution in [3.05, 3.63) is 81.6 Å². The largest absolute Gasteiger partial charge is 0.352 e. The van der Waals surface area contributed by atoms with Gasteiger partial charge in [-0.1, -0.05) is 36.4 Å². The van der Waals surface area contributed by atoms with Crippen molar-refractivity contribution in [3.63, 3.8) is 0 Å². The molecule has 0 aliphatic heterocycles. The maximum absolute atomic E-state index is 4.47. The van der Waals surface area contributed by atoms with E-state index in [9.17, 15) is 0 Å². The van der Waals surface area contributed by atoms with Crippen molar-refractivity contribution in [2.45, 2.75) is 33.5 Å². The van der Waals surface area contributed by atoms with Crippen LogP contribution in [-0.4, -0.2) is 27.5 Å². The fraction of sp³-hybridized carbons (Fsp3) is 0.261. The van der Waals surface area contributed by atoms with Crippen molar-refractivity contribution < 1.29 is 0 Å². The van der Waals surface area contributed by atoms with E-state index in [1.165, 1.54) is 16.0 Å². The second kappa shape index (κ2) is 9.09. The van der Waals surface area contributed by atoms with Gasteiger partial charge in [-0.2, -0.15) is 0 Å². The molecule has 0 aliphatic rings. The van der Waals surface area contributed by atoms with E-state index in [1.807, 2.05) is 38.4 Å². The Morgan fingerprint density at radius 3 is 2.47 bits per heavy atom. The lowest BCUT2D eigenvalue weighted by molar-refractivity contribution is 0.806. The molecule has 0 aliphatic carbocycles. The molecule has 7 heteroatoms.